The molecule has 26 heavy (non-hydrogen) atoms. The van der Waals surface area contributed by atoms with E-state index in [1.165, 1.54) is 16.5 Å². The van der Waals surface area contributed by atoms with Crippen LogP contribution in [0.15, 0.2) is 42.5 Å². The van der Waals surface area contributed by atoms with E-state index in [-0.39, 0.29) is 0 Å². The molecule has 0 atom stereocenters. The van der Waals surface area contributed by atoms with Crippen molar-refractivity contribution in [1.82, 2.24) is 10.2 Å². The highest BCUT2D eigenvalue weighted by Gasteiger charge is 2.18. The molecule has 0 aromatic heterocycles. The molecule has 1 saturated heterocycles. The Balaban J connectivity index is 1.46. The third-order valence-electron chi connectivity index (χ3n) is 4.50. The first-order chi connectivity index (χ1) is 12.6. The van der Waals surface area contributed by atoms with Gasteiger partial charge in [-0.2, -0.15) is 0 Å². The van der Waals surface area contributed by atoms with Crippen molar-refractivity contribution in [2.24, 2.45) is 0 Å². The summed E-state index contributed by atoms with van der Waals surface area (Å²) in [6.07, 6.45) is -0.693. The SMILES string of the molecule is O=C(O)COC(=O)NCCN1CCN(c2cccc3ccccc23)CC1. The summed E-state index contributed by atoms with van der Waals surface area (Å²) in [7, 11) is 0. The van der Waals surface area contributed by atoms with Gasteiger partial charge in [-0.3, -0.25) is 4.90 Å². The van der Waals surface area contributed by atoms with Crippen LogP contribution < -0.4 is 10.2 Å². The lowest BCUT2D eigenvalue weighted by atomic mass is 10.1. The molecule has 2 aromatic rings. The Morgan fingerprint density at radius 2 is 1.77 bits per heavy atom. The van der Waals surface area contributed by atoms with E-state index in [0.29, 0.717) is 13.1 Å². The van der Waals surface area contributed by atoms with Crippen molar-refractivity contribution in [2.75, 3.05) is 50.8 Å². The van der Waals surface area contributed by atoms with Gasteiger partial charge in [0, 0.05) is 50.3 Å². The average molecular weight is 357 g/mol. The van der Waals surface area contributed by atoms with Crippen LogP contribution in [-0.2, 0) is 9.53 Å². The minimum atomic E-state index is -1.16. The molecule has 7 nitrogen and oxygen atoms in total. The van der Waals surface area contributed by atoms with E-state index in [9.17, 15) is 9.59 Å². The molecule has 1 fully saturated rings. The van der Waals surface area contributed by atoms with Gasteiger partial charge in [0.05, 0.1) is 0 Å². The number of benzene rings is 2. The maximum Gasteiger partial charge on any atom is 0.407 e. The highest BCUT2D eigenvalue weighted by Crippen LogP contribution is 2.27. The molecule has 1 aliphatic rings. The molecule has 0 unspecified atom stereocenters. The first-order valence-electron chi connectivity index (χ1n) is 8.71. The number of carboxylic acid groups (broad SMARTS) is 1. The third kappa shape index (κ3) is 4.64. The Hall–Kier alpha value is -2.80. The van der Waals surface area contributed by atoms with E-state index in [4.69, 9.17) is 5.11 Å². The van der Waals surface area contributed by atoms with Crippen LogP contribution in [0.2, 0.25) is 0 Å². The van der Waals surface area contributed by atoms with Crippen LogP contribution in [0.3, 0.4) is 0 Å². The normalized spacial score (nSPS) is 15.0. The number of fused-ring (bicyclic) bond motifs is 1. The molecule has 7 heteroatoms. The summed E-state index contributed by atoms with van der Waals surface area (Å²) in [6, 6.07) is 14.8. The van der Waals surface area contributed by atoms with Crippen molar-refractivity contribution < 1.29 is 19.4 Å². The van der Waals surface area contributed by atoms with Crippen LogP contribution in [0.5, 0.6) is 0 Å². The number of nitrogens with one attached hydrogen (secondary N) is 1. The number of hydrogen-bond acceptors (Lipinski definition) is 5. The number of piperazine rings is 1. The highest BCUT2D eigenvalue weighted by atomic mass is 16.6. The average Bonchev–Trinajstić information content (AvgIpc) is 2.66. The zero-order chi connectivity index (χ0) is 18.4. The zero-order valence-corrected chi connectivity index (χ0v) is 14.6. The van der Waals surface area contributed by atoms with Crippen molar-refractivity contribution in [2.45, 2.75) is 0 Å². The van der Waals surface area contributed by atoms with Gasteiger partial charge in [-0.25, -0.2) is 9.59 Å². The van der Waals surface area contributed by atoms with Crippen LogP contribution in [0.1, 0.15) is 0 Å². The number of rotatable bonds is 6. The van der Waals surface area contributed by atoms with Gasteiger partial charge in [0.2, 0.25) is 0 Å². The molecule has 1 aliphatic heterocycles. The molecule has 0 spiro atoms. The predicted octanol–water partition coefficient (Wildman–Crippen LogP) is 1.77. The molecule has 0 bridgehead atoms. The number of aliphatic carboxylic acids is 1. The number of anilines is 1. The predicted molar refractivity (Wildman–Crippen MR) is 99.6 cm³/mol. The third-order valence-corrected chi connectivity index (χ3v) is 4.50. The number of ether oxygens (including phenoxy) is 1. The Labute approximate surface area is 152 Å². The minimum Gasteiger partial charge on any atom is -0.479 e. The molecule has 1 heterocycles. The van der Waals surface area contributed by atoms with Gasteiger partial charge >= 0.3 is 12.1 Å². The Morgan fingerprint density at radius 1 is 1.04 bits per heavy atom. The minimum absolute atomic E-state index is 0.437. The summed E-state index contributed by atoms with van der Waals surface area (Å²) in [5.41, 5.74) is 1.26. The number of carbonyl (C=O) groups excluding carboxylic acids is 1. The summed E-state index contributed by atoms with van der Waals surface area (Å²) in [4.78, 5) is 26.3. The van der Waals surface area contributed by atoms with Gasteiger partial charge < -0.3 is 20.1 Å². The van der Waals surface area contributed by atoms with Gasteiger partial charge in [-0.15, -0.1) is 0 Å². The van der Waals surface area contributed by atoms with Crippen molar-refractivity contribution in [1.29, 1.82) is 0 Å². The van der Waals surface area contributed by atoms with Crippen LogP contribution in [0.25, 0.3) is 10.8 Å². The lowest BCUT2D eigenvalue weighted by Gasteiger charge is -2.36. The number of alkyl carbamates (subject to hydrolysis) is 1. The second kappa shape index (κ2) is 8.53. The molecule has 3 rings (SSSR count). The van der Waals surface area contributed by atoms with E-state index in [0.717, 1.165) is 26.2 Å². The van der Waals surface area contributed by atoms with E-state index in [2.05, 4.69) is 62.3 Å². The highest BCUT2D eigenvalue weighted by molar-refractivity contribution is 5.94. The van der Waals surface area contributed by atoms with Gasteiger partial charge in [-0.1, -0.05) is 36.4 Å². The maximum absolute atomic E-state index is 11.3. The zero-order valence-electron chi connectivity index (χ0n) is 14.6. The van der Waals surface area contributed by atoms with Gasteiger partial charge in [0.1, 0.15) is 0 Å². The summed E-state index contributed by atoms with van der Waals surface area (Å²) in [6.45, 7) is 4.22. The first kappa shape index (κ1) is 18.0. The molecule has 0 aliphatic carbocycles. The van der Waals surface area contributed by atoms with Gasteiger partial charge in [0.15, 0.2) is 6.61 Å². The topological polar surface area (TPSA) is 82.1 Å². The van der Waals surface area contributed by atoms with Crippen molar-refractivity contribution >= 4 is 28.5 Å². The standard InChI is InChI=1S/C19H23N3O4/c23-18(24)14-26-19(25)20-8-9-21-10-12-22(13-11-21)17-7-3-5-15-4-1-2-6-16(15)17/h1-7H,8-14H2,(H,20,25)(H,23,24). The van der Waals surface area contributed by atoms with Gasteiger partial charge in [0.25, 0.3) is 0 Å². The van der Waals surface area contributed by atoms with E-state index in [1.54, 1.807) is 0 Å². The van der Waals surface area contributed by atoms with E-state index >= 15 is 0 Å². The summed E-state index contributed by atoms with van der Waals surface area (Å²) in [5, 5.41) is 13.5. The molecular formula is C19H23N3O4. The van der Waals surface area contributed by atoms with E-state index < -0.39 is 18.7 Å². The molecule has 0 radical (unpaired) electrons. The van der Waals surface area contributed by atoms with Crippen molar-refractivity contribution in [3.8, 4) is 0 Å². The second-order valence-corrected chi connectivity index (χ2v) is 6.22. The fraction of sp³-hybridized carbons (Fsp3) is 0.368. The van der Waals surface area contributed by atoms with Crippen molar-refractivity contribution in [3.63, 3.8) is 0 Å². The number of carbonyl (C=O) groups is 2. The number of nitrogens with zero attached hydrogens (tertiary/aromatic N) is 2. The molecule has 2 aromatic carbocycles. The van der Waals surface area contributed by atoms with Gasteiger partial charge in [-0.05, 0) is 11.5 Å². The number of amides is 1. The lowest BCUT2D eigenvalue weighted by molar-refractivity contribution is -0.140. The molecule has 1 amide bonds. The van der Waals surface area contributed by atoms with Crippen LogP contribution in [-0.4, -0.2) is 67.9 Å². The monoisotopic (exact) mass is 357 g/mol. The lowest BCUT2D eigenvalue weighted by Crippen LogP contribution is -2.48. The fourth-order valence-corrected chi connectivity index (χ4v) is 3.19. The van der Waals surface area contributed by atoms with E-state index in [1.807, 2.05) is 0 Å². The fourth-order valence-electron chi connectivity index (χ4n) is 3.19. The summed E-state index contributed by atoms with van der Waals surface area (Å²) < 4.78 is 4.53. The molecule has 138 valence electrons. The van der Waals surface area contributed by atoms with Crippen LogP contribution >= 0.6 is 0 Å². The Morgan fingerprint density at radius 3 is 2.54 bits per heavy atom. The summed E-state index contributed by atoms with van der Waals surface area (Å²) in [5.74, 6) is -1.16. The Kier molecular flexibility index (Phi) is 5.91. The smallest absolute Gasteiger partial charge is 0.407 e. The number of hydrogen-bond donors (Lipinski definition) is 2. The largest absolute Gasteiger partial charge is 0.479 e. The quantitative estimate of drug-likeness (QED) is 0.820. The second-order valence-electron chi connectivity index (χ2n) is 6.22. The maximum atomic E-state index is 11.3. The first-order valence-corrected chi connectivity index (χ1v) is 8.71. The van der Waals surface area contributed by atoms with Crippen molar-refractivity contribution in [3.05, 3.63) is 42.5 Å². The summed E-state index contributed by atoms with van der Waals surface area (Å²) >= 11 is 0. The van der Waals surface area contributed by atoms with Crippen LogP contribution in [0, 0.1) is 0 Å². The molecule has 2 N–H and O–H groups in total. The van der Waals surface area contributed by atoms with Crippen LogP contribution in [0.4, 0.5) is 10.5 Å². The molecular weight excluding hydrogens is 334 g/mol. The Bertz CT molecular complexity index is 767. The molecule has 0 saturated carbocycles. The number of carboxylic acids is 1.